The van der Waals surface area contributed by atoms with Crippen LogP contribution in [0.2, 0.25) is 0 Å². The van der Waals surface area contributed by atoms with E-state index in [1.54, 1.807) is 6.07 Å². The first-order chi connectivity index (χ1) is 16.5. The molecule has 2 aliphatic rings. The number of carbonyl (C=O) groups excluding carboxylic acids is 1. The minimum absolute atomic E-state index is 0.168. The van der Waals surface area contributed by atoms with Gasteiger partial charge >= 0.3 is 0 Å². The van der Waals surface area contributed by atoms with E-state index >= 15 is 0 Å². The number of carbonyl (C=O) groups is 1. The van der Waals surface area contributed by atoms with Crippen LogP contribution in [0.1, 0.15) is 21.6 Å². The minimum atomic E-state index is -0.660. The van der Waals surface area contributed by atoms with Gasteiger partial charge in [0.2, 0.25) is 5.95 Å². The van der Waals surface area contributed by atoms with Gasteiger partial charge in [-0.05, 0) is 24.6 Å². The molecule has 1 fully saturated rings. The molecule has 1 atom stereocenters. The number of anilines is 2. The molecule has 0 unspecified atom stereocenters. The Labute approximate surface area is 201 Å². The van der Waals surface area contributed by atoms with E-state index in [9.17, 15) is 9.90 Å². The summed E-state index contributed by atoms with van der Waals surface area (Å²) in [6.45, 7) is 5.62. The zero-order valence-corrected chi connectivity index (χ0v) is 20.0. The molecule has 0 bridgehead atoms. The number of fused-ring (bicyclic) bond motifs is 1. The van der Waals surface area contributed by atoms with Crippen LogP contribution in [0, 0.1) is 0 Å². The molecule has 0 radical (unpaired) electrons. The normalized spacial score (nSPS) is 16.9. The van der Waals surface area contributed by atoms with Crippen LogP contribution in [0.5, 0.6) is 0 Å². The lowest BCUT2D eigenvalue weighted by Gasteiger charge is -2.30. The molecule has 184 valence electrons. The molecule has 2 aliphatic heterocycles. The van der Waals surface area contributed by atoms with Crippen molar-refractivity contribution in [2.24, 2.45) is 0 Å². The molecule has 2 aromatic rings. The fraction of sp³-hybridized carbons (Fsp3) is 0.542. The Morgan fingerprint density at radius 2 is 2.09 bits per heavy atom. The van der Waals surface area contributed by atoms with E-state index in [0.717, 1.165) is 39.1 Å². The number of aliphatic hydroxyl groups is 1. The van der Waals surface area contributed by atoms with Crippen molar-refractivity contribution < 1.29 is 9.90 Å². The Kier molecular flexibility index (Phi) is 8.28. The van der Waals surface area contributed by atoms with Crippen molar-refractivity contribution in [3.8, 4) is 0 Å². The second kappa shape index (κ2) is 11.6. The highest BCUT2D eigenvalue weighted by Crippen LogP contribution is 2.18. The number of hydrogen-bond donors (Lipinski definition) is 5. The summed E-state index contributed by atoms with van der Waals surface area (Å²) in [5.41, 5.74) is 2.97. The molecule has 0 spiro atoms. The number of likely N-dealkylation sites (N-methyl/N-ethyl adjacent to an activating group) is 2. The van der Waals surface area contributed by atoms with Gasteiger partial charge in [-0.3, -0.25) is 9.69 Å². The van der Waals surface area contributed by atoms with E-state index < -0.39 is 6.10 Å². The van der Waals surface area contributed by atoms with E-state index in [-0.39, 0.29) is 24.2 Å². The second-order valence-electron chi connectivity index (χ2n) is 9.08. The molecule has 0 saturated carbocycles. The van der Waals surface area contributed by atoms with Gasteiger partial charge in [0.05, 0.1) is 12.1 Å². The van der Waals surface area contributed by atoms with Gasteiger partial charge in [0.15, 0.2) is 0 Å². The van der Waals surface area contributed by atoms with Gasteiger partial charge in [-0.1, -0.05) is 24.3 Å². The molecule has 0 aliphatic carbocycles. The Hall–Kier alpha value is -2.79. The smallest absolute Gasteiger partial charge is 0.270 e. The molecule has 10 heteroatoms. The molecule has 10 nitrogen and oxygen atoms in total. The van der Waals surface area contributed by atoms with Gasteiger partial charge in [-0.25, -0.2) is 4.98 Å². The number of hydrogen-bond acceptors (Lipinski definition) is 9. The molecule has 1 aromatic carbocycles. The number of nitrogens with one attached hydrogen (secondary N) is 4. The lowest BCUT2D eigenvalue weighted by molar-refractivity contribution is 0.0838. The predicted octanol–water partition coefficient (Wildman–Crippen LogP) is -0.335. The molecule has 1 saturated heterocycles. The number of amides is 1. The lowest BCUT2D eigenvalue weighted by Crippen LogP contribution is -2.51. The van der Waals surface area contributed by atoms with Crippen LogP contribution in [-0.4, -0.2) is 97.9 Å². The number of nitrogens with zero attached hydrogens (tertiary/aromatic N) is 4. The van der Waals surface area contributed by atoms with Gasteiger partial charge < -0.3 is 31.3 Å². The lowest BCUT2D eigenvalue weighted by atomic mass is 10.00. The van der Waals surface area contributed by atoms with Gasteiger partial charge in [0.25, 0.3) is 5.91 Å². The average Bonchev–Trinajstić information content (AvgIpc) is 2.83. The summed E-state index contributed by atoms with van der Waals surface area (Å²) in [6, 6.07) is 10.4. The third kappa shape index (κ3) is 6.41. The van der Waals surface area contributed by atoms with Crippen molar-refractivity contribution in [3.63, 3.8) is 0 Å². The van der Waals surface area contributed by atoms with Crippen molar-refractivity contribution in [1.82, 2.24) is 30.8 Å². The molecule has 1 aromatic heterocycles. The molecular formula is C24H36N8O2. The van der Waals surface area contributed by atoms with Crippen molar-refractivity contribution in [2.75, 3.05) is 70.1 Å². The van der Waals surface area contributed by atoms with Crippen molar-refractivity contribution in [3.05, 3.63) is 47.2 Å². The Balaban J connectivity index is 1.35. The van der Waals surface area contributed by atoms with Crippen LogP contribution >= 0.6 is 0 Å². The van der Waals surface area contributed by atoms with Crippen molar-refractivity contribution in [2.45, 2.75) is 25.1 Å². The highest BCUT2D eigenvalue weighted by atomic mass is 16.3. The summed E-state index contributed by atoms with van der Waals surface area (Å²) < 4.78 is 0. The van der Waals surface area contributed by atoms with Gasteiger partial charge in [0.1, 0.15) is 11.5 Å². The topological polar surface area (TPSA) is 118 Å². The Bertz CT molecular complexity index is 968. The third-order valence-corrected chi connectivity index (χ3v) is 6.30. The second-order valence-corrected chi connectivity index (χ2v) is 9.08. The van der Waals surface area contributed by atoms with Gasteiger partial charge in [-0.2, -0.15) is 4.98 Å². The predicted molar refractivity (Wildman–Crippen MR) is 133 cm³/mol. The van der Waals surface area contributed by atoms with Crippen LogP contribution in [0.15, 0.2) is 30.3 Å². The maximum absolute atomic E-state index is 12.9. The molecular weight excluding hydrogens is 432 g/mol. The summed E-state index contributed by atoms with van der Waals surface area (Å²) in [7, 11) is 3.80. The van der Waals surface area contributed by atoms with Crippen LogP contribution in [0.3, 0.4) is 0 Å². The standard InChI is InChI=1S/C24H36N8O2/c1-25-8-10-31(2)24-29-21(11-22(30-24)28-19-12-26-13-19)23(34)27-14-20(33)16-32-9-7-17-5-3-4-6-18(17)15-32/h3-6,11,19-20,25-26,33H,7-10,12-16H2,1-2H3,(H,27,34)(H,28,29,30)/t20-/m0/s1. The molecule has 34 heavy (non-hydrogen) atoms. The largest absolute Gasteiger partial charge is 0.390 e. The van der Waals surface area contributed by atoms with E-state index in [1.165, 1.54) is 11.1 Å². The highest BCUT2D eigenvalue weighted by Gasteiger charge is 2.21. The van der Waals surface area contributed by atoms with E-state index in [1.807, 2.05) is 19.0 Å². The maximum atomic E-state index is 12.9. The van der Waals surface area contributed by atoms with Crippen LogP contribution in [-0.2, 0) is 13.0 Å². The quantitative estimate of drug-likeness (QED) is 0.302. The highest BCUT2D eigenvalue weighted by molar-refractivity contribution is 5.93. The Morgan fingerprint density at radius 3 is 2.82 bits per heavy atom. The van der Waals surface area contributed by atoms with Crippen LogP contribution in [0.25, 0.3) is 0 Å². The first kappa shape index (κ1) is 24.3. The van der Waals surface area contributed by atoms with Gasteiger partial charge in [0, 0.05) is 65.5 Å². The number of aromatic nitrogens is 2. The van der Waals surface area contributed by atoms with E-state index in [0.29, 0.717) is 24.9 Å². The third-order valence-electron chi connectivity index (χ3n) is 6.30. The summed E-state index contributed by atoms with van der Waals surface area (Å²) in [5.74, 6) is 0.805. The average molecular weight is 469 g/mol. The molecule has 4 rings (SSSR count). The van der Waals surface area contributed by atoms with Crippen LogP contribution in [0.4, 0.5) is 11.8 Å². The molecule has 5 N–H and O–H groups in total. The fourth-order valence-electron chi connectivity index (χ4n) is 4.15. The van der Waals surface area contributed by atoms with Crippen LogP contribution < -0.4 is 26.2 Å². The molecule has 3 heterocycles. The van der Waals surface area contributed by atoms with Crippen molar-refractivity contribution >= 4 is 17.7 Å². The summed E-state index contributed by atoms with van der Waals surface area (Å²) in [6.07, 6.45) is 0.319. The number of benzene rings is 1. The number of β-amino-alcohol motifs (C(OH)–C–C–N with tert-alkyl or cyclic N) is 1. The SMILES string of the molecule is CNCCN(C)c1nc(NC2CNC2)cc(C(=O)NC[C@H](O)CN2CCc3ccccc3C2)n1. The number of aliphatic hydroxyl groups excluding tert-OH is 1. The maximum Gasteiger partial charge on any atom is 0.270 e. The van der Waals surface area contributed by atoms with Crippen molar-refractivity contribution in [1.29, 1.82) is 0 Å². The molecule has 1 amide bonds. The minimum Gasteiger partial charge on any atom is -0.390 e. The van der Waals surface area contributed by atoms with E-state index in [2.05, 4.69) is 60.4 Å². The Morgan fingerprint density at radius 1 is 1.29 bits per heavy atom. The first-order valence-corrected chi connectivity index (χ1v) is 12.0. The zero-order chi connectivity index (χ0) is 23.9. The number of rotatable bonds is 11. The first-order valence-electron chi connectivity index (χ1n) is 12.0. The zero-order valence-electron chi connectivity index (χ0n) is 20.0. The fourth-order valence-corrected chi connectivity index (χ4v) is 4.15. The summed E-state index contributed by atoms with van der Waals surface area (Å²) in [4.78, 5) is 26.1. The summed E-state index contributed by atoms with van der Waals surface area (Å²) >= 11 is 0. The monoisotopic (exact) mass is 468 g/mol. The summed E-state index contributed by atoms with van der Waals surface area (Å²) in [5, 5.41) is 23.1. The van der Waals surface area contributed by atoms with Gasteiger partial charge in [-0.15, -0.1) is 0 Å². The van der Waals surface area contributed by atoms with E-state index in [4.69, 9.17) is 0 Å².